The number of anilines is 1. The molecule has 4 atom stereocenters. The van der Waals surface area contributed by atoms with Gasteiger partial charge in [0.1, 0.15) is 5.54 Å². The molecular formula is C24H23N3O3. The first-order valence-electron chi connectivity index (χ1n) is 10.7. The summed E-state index contributed by atoms with van der Waals surface area (Å²) < 4.78 is 0. The second-order valence-electron chi connectivity index (χ2n) is 8.74. The Kier molecular flexibility index (Phi) is 3.72. The molecule has 30 heavy (non-hydrogen) atoms. The Balaban J connectivity index is 1.42. The van der Waals surface area contributed by atoms with Gasteiger partial charge in [0.15, 0.2) is 0 Å². The van der Waals surface area contributed by atoms with Crippen LogP contribution in [0.1, 0.15) is 24.0 Å². The predicted molar refractivity (Wildman–Crippen MR) is 110 cm³/mol. The second kappa shape index (κ2) is 6.25. The van der Waals surface area contributed by atoms with Crippen molar-refractivity contribution in [3.63, 3.8) is 0 Å². The van der Waals surface area contributed by atoms with Gasteiger partial charge in [0.25, 0.3) is 0 Å². The molecule has 1 spiro atoms. The van der Waals surface area contributed by atoms with E-state index in [9.17, 15) is 14.4 Å². The molecule has 6 rings (SSSR count). The van der Waals surface area contributed by atoms with Gasteiger partial charge in [-0.15, -0.1) is 0 Å². The van der Waals surface area contributed by atoms with Gasteiger partial charge in [-0.25, -0.2) is 0 Å². The molecule has 152 valence electrons. The fourth-order valence-electron chi connectivity index (χ4n) is 6.32. The summed E-state index contributed by atoms with van der Waals surface area (Å²) in [7, 11) is 0. The van der Waals surface area contributed by atoms with E-state index in [1.54, 1.807) is 0 Å². The summed E-state index contributed by atoms with van der Waals surface area (Å²) in [6.07, 6.45) is 2.42. The number of fused-ring (bicyclic) bond motifs is 7. The van der Waals surface area contributed by atoms with E-state index in [1.165, 1.54) is 4.90 Å². The molecule has 0 aromatic heterocycles. The smallest absolute Gasteiger partial charge is 0.250 e. The van der Waals surface area contributed by atoms with Crippen molar-refractivity contribution in [2.24, 2.45) is 11.8 Å². The summed E-state index contributed by atoms with van der Waals surface area (Å²) in [5, 5.41) is 3.00. The molecule has 3 amide bonds. The van der Waals surface area contributed by atoms with E-state index in [4.69, 9.17) is 0 Å². The van der Waals surface area contributed by atoms with Gasteiger partial charge in [0, 0.05) is 23.8 Å². The minimum absolute atomic E-state index is 0.0509. The highest BCUT2D eigenvalue weighted by Gasteiger charge is 2.74. The number of hydrogen-bond acceptors (Lipinski definition) is 4. The molecule has 4 aliphatic rings. The van der Waals surface area contributed by atoms with Crippen LogP contribution in [-0.2, 0) is 26.3 Å². The number of likely N-dealkylation sites (tertiary alicyclic amines) is 1. The maximum absolute atomic E-state index is 13.7. The Morgan fingerprint density at radius 3 is 2.57 bits per heavy atom. The second-order valence-corrected chi connectivity index (χ2v) is 8.74. The van der Waals surface area contributed by atoms with Crippen LogP contribution in [-0.4, -0.2) is 46.7 Å². The van der Waals surface area contributed by atoms with Crippen LogP contribution in [0.2, 0.25) is 0 Å². The topological polar surface area (TPSA) is 69.7 Å². The Bertz CT molecular complexity index is 1070. The summed E-state index contributed by atoms with van der Waals surface area (Å²) in [6, 6.07) is 17.5. The monoisotopic (exact) mass is 401 g/mol. The maximum atomic E-state index is 13.7. The maximum Gasteiger partial charge on any atom is 0.250 e. The first-order chi connectivity index (χ1) is 14.6. The molecular weight excluding hydrogens is 378 g/mol. The molecule has 0 saturated carbocycles. The van der Waals surface area contributed by atoms with Crippen molar-refractivity contribution in [2.75, 3.05) is 18.4 Å². The van der Waals surface area contributed by atoms with Gasteiger partial charge in [-0.3, -0.25) is 24.2 Å². The Labute approximate surface area is 174 Å². The number of imide groups is 1. The van der Waals surface area contributed by atoms with Crippen LogP contribution in [0.3, 0.4) is 0 Å². The van der Waals surface area contributed by atoms with Crippen LogP contribution in [0.15, 0.2) is 54.6 Å². The van der Waals surface area contributed by atoms with Crippen LogP contribution < -0.4 is 5.32 Å². The van der Waals surface area contributed by atoms with E-state index in [0.717, 1.165) is 36.2 Å². The van der Waals surface area contributed by atoms with Gasteiger partial charge in [-0.1, -0.05) is 48.5 Å². The highest BCUT2D eigenvalue weighted by atomic mass is 16.2. The number of amides is 3. The lowest BCUT2D eigenvalue weighted by Crippen LogP contribution is -2.54. The van der Waals surface area contributed by atoms with Crippen LogP contribution >= 0.6 is 0 Å². The van der Waals surface area contributed by atoms with Crippen LogP contribution in [0.5, 0.6) is 0 Å². The zero-order chi connectivity index (χ0) is 20.5. The molecule has 4 aliphatic heterocycles. The molecule has 4 heterocycles. The third-order valence-electron chi connectivity index (χ3n) is 7.46. The van der Waals surface area contributed by atoms with E-state index in [-0.39, 0.29) is 23.8 Å². The highest BCUT2D eigenvalue weighted by molar-refractivity contribution is 6.15. The zero-order valence-corrected chi connectivity index (χ0v) is 16.6. The van der Waals surface area contributed by atoms with Crippen molar-refractivity contribution in [3.8, 4) is 0 Å². The van der Waals surface area contributed by atoms with E-state index < -0.39 is 17.4 Å². The summed E-state index contributed by atoms with van der Waals surface area (Å²) in [5.41, 5.74) is 1.64. The average molecular weight is 401 g/mol. The van der Waals surface area contributed by atoms with Gasteiger partial charge >= 0.3 is 0 Å². The van der Waals surface area contributed by atoms with E-state index in [0.29, 0.717) is 13.0 Å². The van der Waals surface area contributed by atoms with Crippen molar-refractivity contribution in [2.45, 2.75) is 30.8 Å². The Morgan fingerprint density at radius 2 is 1.73 bits per heavy atom. The standard InChI is InChI=1S/C24H23N3O3/c28-21-19-18-11-6-13-27(18)24(16-9-4-5-10-17(16)25-23(24)30)20(19)22(29)26(21)14-12-15-7-2-1-3-8-15/h1-5,7-10,18-20H,6,11-14H2,(H,25,30)/t18-,19+,20-,24-/m0/s1. The number of nitrogens with zero attached hydrogens (tertiary/aromatic N) is 2. The molecule has 1 N–H and O–H groups in total. The third kappa shape index (κ3) is 2.09. The summed E-state index contributed by atoms with van der Waals surface area (Å²) in [4.78, 5) is 44.2. The lowest BCUT2D eigenvalue weighted by Gasteiger charge is -2.36. The normalized spacial score (nSPS) is 31.9. The Hall–Kier alpha value is -2.99. The Morgan fingerprint density at radius 1 is 0.967 bits per heavy atom. The number of para-hydroxylation sites is 1. The number of benzene rings is 2. The van der Waals surface area contributed by atoms with E-state index >= 15 is 0 Å². The SMILES string of the molecule is O=C1[C@H]2[C@@H](C(=O)N1CCc1ccccc1)[C@@]1(C(=O)Nc3ccccc31)N1CCC[C@@H]21. The lowest BCUT2D eigenvalue weighted by molar-refractivity contribution is -0.145. The van der Waals surface area contributed by atoms with Crippen molar-refractivity contribution in [1.29, 1.82) is 0 Å². The number of rotatable bonds is 3. The zero-order valence-electron chi connectivity index (χ0n) is 16.6. The van der Waals surface area contributed by atoms with Crippen molar-refractivity contribution < 1.29 is 14.4 Å². The minimum Gasteiger partial charge on any atom is -0.324 e. The quantitative estimate of drug-likeness (QED) is 0.801. The number of carbonyl (C=O) groups is 3. The molecule has 0 aliphatic carbocycles. The predicted octanol–water partition coefficient (Wildman–Crippen LogP) is 2.16. The third-order valence-corrected chi connectivity index (χ3v) is 7.46. The van der Waals surface area contributed by atoms with Crippen molar-refractivity contribution in [3.05, 3.63) is 65.7 Å². The molecule has 0 bridgehead atoms. The molecule has 3 saturated heterocycles. The number of carbonyl (C=O) groups excluding carboxylic acids is 3. The molecule has 2 aromatic carbocycles. The van der Waals surface area contributed by atoms with Crippen LogP contribution in [0.25, 0.3) is 0 Å². The molecule has 0 unspecified atom stereocenters. The van der Waals surface area contributed by atoms with E-state index in [1.807, 2.05) is 54.6 Å². The van der Waals surface area contributed by atoms with Crippen LogP contribution in [0.4, 0.5) is 5.69 Å². The van der Waals surface area contributed by atoms with Gasteiger partial charge < -0.3 is 5.32 Å². The molecule has 3 fully saturated rings. The molecule has 0 radical (unpaired) electrons. The minimum atomic E-state index is -1.06. The largest absolute Gasteiger partial charge is 0.324 e. The molecule has 6 nitrogen and oxygen atoms in total. The van der Waals surface area contributed by atoms with Gasteiger partial charge in [0.05, 0.1) is 11.8 Å². The number of nitrogens with one attached hydrogen (secondary N) is 1. The first-order valence-corrected chi connectivity index (χ1v) is 10.7. The van der Waals surface area contributed by atoms with Gasteiger partial charge in [0.2, 0.25) is 17.7 Å². The summed E-state index contributed by atoms with van der Waals surface area (Å²) >= 11 is 0. The van der Waals surface area contributed by atoms with Gasteiger partial charge in [-0.05, 0) is 37.4 Å². The first kappa shape index (κ1) is 17.8. The fraction of sp³-hybridized carbons (Fsp3) is 0.375. The number of hydrogen-bond donors (Lipinski definition) is 1. The van der Waals surface area contributed by atoms with E-state index in [2.05, 4.69) is 10.2 Å². The van der Waals surface area contributed by atoms with Crippen molar-refractivity contribution >= 4 is 23.4 Å². The fourth-order valence-corrected chi connectivity index (χ4v) is 6.32. The molecule has 2 aromatic rings. The van der Waals surface area contributed by atoms with Crippen molar-refractivity contribution in [1.82, 2.24) is 9.80 Å². The average Bonchev–Trinajstić information content (AvgIpc) is 3.46. The summed E-state index contributed by atoms with van der Waals surface area (Å²) in [6.45, 7) is 1.10. The highest BCUT2D eigenvalue weighted by Crippen LogP contribution is 2.60. The lowest BCUT2D eigenvalue weighted by atomic mass is 9.75. The van der Waals surface area contributed by atoms with Crippen LogP contribution in [0, 0.1) is 11.8 Å². The van der Waals surface area contributed by atoms with Gasteiger partial charge in [-0.2, -0.15) is 0 Å². The summed E-state index contributed by atoms with van der Waals surface area (Å²) in [5.74, 6) is -1.54. The molecule has 6 heteroatoms.